The quantitative estimate of drug-likeness (QED) is 0.797. The fraction of sp³-hybridized carbons (Fsp3) is 0.500. The van der Waals surface area contributed by atoms with Gasteiger partial charge in [0, 0.05) is 25.2 Å². The number of likely N-dealkylation sites (tertiary alicyclic amines) is 1. The summed E-state index contributed by atoms with van der Waals surface area (Å²) < 4.78 is 12.9. The zero-order chi connectivity index (χ0) is 15.9. The van der Waals surface area contributed by atoms with Crippen molar-refractivity contribution in [1.29, 1.82) is 0 Å². The Bertz CT molecular complexity index is 525. The molecule has 0 saturated carbocycles. The minimum Gasteiger partial charge on any atom is -0.356 e. The van der Waals surface area contributed by atoms with Crippen LogP contribution in [0.15, 0.2) is 24.3 Å². The first-order valence-corrected chi connectivity index (χ1v) is 7.64. The Hall–Kier alpha value is -1.66. The Balaban J connectivity index is 0.00000264. The zero-order valence-electron chi connectivity index (χ0n) is 13.0. The second-order valence-corrected chi connectivity index (χ2v) is 5.53. The van der Waals surface area contributed by atoms with E-state index in [1.807, 2.05) is 0 Å². The predicted octanol–water partition coefficient (Wildman–Crippen LogP) is 1.56. The van der Waals surface area contributed by atoms with Gasteiger partial charge >= 0.3 is 0 Å². The average molecular weight is 344 g/mol. The number of hydrogen-bond acceptors (Lipinski definition) is 3. The van der Waals surface area contributed by atoms with Crippen molar-refractivity contribution in [3.05, 3.63) is 35.6 Å². The van der Waals surface area contributed by atoms with E-state index in [2.05, 4.69) is 5.32 Å². The van der Waals surface area contributed by atoms with Crippen LogP contribution in [-0.2, 0) is 4.79 Å². The predicted molar refractivity (Wildman–Crippen MR) is 89.0 cm³/mol. The summed E-state index contributed by atoms with van der Waals surface area (Å²) >= 11 is 0. The third kappa shape index (κ3) is 5.48. The fourth-order valence-electron chi connectivity index (χ4n) is 2.61. The highest BCUT2D eigenvalue weighted by Gasteiger charge is 2.28. The molecule has 1 fully saturated rings. The molecule has 0 spiro atoms. The van der Waals surface area contributed by atoms with Gasteiger partial charge in [-0.3, -0.25) is 9.59 Å². The number of nitrogens with zero attached hydrogens (tertiary/aromatic N) is 1. The molecule has 5 nitrogen and oxygen atoms in total. The van der Waals surface area contributed by atoms with Gasteiger partial charge in [-0.2, -0.15) is 0 Å². The Morgan fingerprint density at radius 1 is 1.30 bits per heavy atom. The van der Waals surface area contributed by atoms with Gasteiger partial charge in [0.25, 0.3) is 5.91 Å². The van der Waals surface area contributed by atoms with Crippen LogP contribution in [0.2, 0.25) is 0 Å². The number of piperidine rings is 1. The van der Waals surface area contributed by atoms with Crippen LogP contribution in [-0.4, -0.2) is 42.9 Å². The van der Waals surface area contributed by atoms with Crippen LogP contribution < -0.4 is 11.1 Å². The average Bonchev–Trinajstić information content (AvgIpc) is 2.55. The number of benzene rings is 1. The van der Waals surface area contributed by atoms with Gasteiger partial charge in [0.15, 0.2) is 0 Å². The van der Waals surface area contributed by atoms with Crippen LogP contribution in [0.1, 0.15) is 29.6 Å². The second-order valence-electron chi connectivity index (χ2n) is 5.53. The molecule has 0 aliphatic carbocycles. The maximum Gasteiger partial charge on any atom is 0.253 e. The monoisotopic (exact) mass is 343 g/mol. The summed E-state index contributed by atoms with van der Waals surface area (Å²) in [5, 5.41) is 2.85. The van der Waals surface area contributed by atoms with Crippen LogP contribution in [0.25, 0.3) is 0 Å². The molecule has 2 amide bonds. The van der Waals surface area contributed by atoms with Gasteiger partial charge in [0.1, 0.15) is 5.82 Å². The van der Waals surface area contributed by atoms with Crippen molar-refractivity contribution in [3.63, 3.8) is 0 Å². The molecule has 1 heterocycles. The van der Waals surface area contributed by atoms with Crippen LogP contribution >= 0.6 is 12.4 Å². The Morgan fingerprint density at radius 2 is 2.00 bits per heavy atom. The van der Waals surface area contributed by atoms with Crippen molar-refractivity contribution < 1.29 is 14.0 Å². The lowest BCUT2D eigenvalue weighted by molar-refractivity contribution is -0.126. The van der Waals surface area contributed by atoms with E-state index in [0.717, 1.165) is 19.3 Å². The smallest absolute Gasteiger partial charge is 0.253 e. The number of nitrogens with one attached hydrogen (secondary N) is 1. The SMILES string of the molecule is Cl.NCCCNC(=O)C1CCCN(C(=O)c2ccc(F)cc2)C1. The van der Waals surface area contributed by atoms with Crippen LogP contribution in [0, 0.1) is 11.7 Å². The molecule has 1 unspecified atom stereocenters. The van der Waals surface area contributed by atoms with Gasteiger partial charge in [0.2, 0.25) is 5.91 Å². The number of carbonyl (C=O) groups excluding carboxylic acids is 2. The minimum absolute atomic E-state index is 0. The van der Waals surface area contributed by atoms with Crippen LogP contribution in [0.3, 0.4) is 0 Å². The molecule has 1 saturated heterocycles. The fourth-order valence-corrected chi connectivity index (χ4v) is 2.61. The molecule has 1 atom stereocenters. The lowest BCUT2D eigenvalue weighted by Gasteiger charge is -2.32. The van der Waals surface area contributed by atoms with Crippen LogP contribution in [0.4, 0.5) is 4.39 Å². The van der Waals surface area contributed by atoms with Crippen molar-refractivity contribution >= 4 is 24.2 Å². The number of amides is 2. The molecule has 1 aromatic rings. The standard InChI is InChI=1S/C16H22FN3O2.ClH/c17-14-6-4-12(5-7-14)16(22)20-10-1-3-13(11-20)15(21)19-9-2-8-18;/h4-7,13H,1-3,8-11,18H2,(H,19,21);1H. The summed E-state index contributed by atoms with van der Waals surface area (Å²) in [5.74, 6) is -0.729. The van der Waals surface area contributed by atoms with E-state index in [1.54, 1.807) is 4.90 Å². The molecular weight excluding hydrogens is 321 g/mol. The molecule has 1 aliphatic heterocycles. The van der Waals surface area contributed by atoms with Gasteiger partial charge in [-0.15, -0.1) is 12.4 Å². The van der Waals surface area contributed by atoms with Crippen molar-refractivity contribution in [2.75, 3.05) is 26.2 Å². The van der Waals surface area contributed by atoms with E-state index in [1.165, 1.54) is 24.3 Å². The number of nitrogens with two attached hydrogens (primary N) is 1. The molecule has 128 valence electrons. The second kappa shape index (κ2) is 9.47. The molecule has 3 N–H and O–H groups in total. The lowest BCUT2D eigenvalue weighted by atomic mass is 9.96. The number of hydrogen-bond donors (Lipinski definition) is 2. The molecule has 0 radical (unpaired) electrons. The highest BCUT2D eigenvalue weighted by molar-refractivity contribution is 5.94. The van der Waals surface area contributed by atoms with E-state index in [4.69, 9.17) is 5.73 Å². The lowest BCUT2D eigenvalue weighted by Crippen LogP contribution is -2.45. The molecule has 0 aromatic heterocycles. The highest BCUT2D eigenvalue weighted by Crippen LogP contribution is 2.19. The summed E-state index contributed by atoms with van der Waals surface area (Å²) in [6, 6.07) is 5.49. The van der Waals surface area contributed by atoms with Crippen molar-refractivity contribution in [2.24, 2.45) is 11.7 Å². The molecule has 1 aliphatic rings. The number of halogens is 2. The van der Waals surface area contributed by atoms with E-state index in [0.29, 0.717) is 31.7 Å². The summed E-state index contributed by atoms with van der Waals surface area (Å²) in [6.07, 6.45) is 2.32. The van der Waals surface area contributed by atoms with Crippen molar-refractivity contribution in [1.82, 2.24) is 10.2 Å². The normalized spacial score (nSPS) is 17.3. The maximum absolute atomic E-state index is 12.9. The van der Waals surface area contributed by atoms with Gasteiger partial charge in [-0.05, 0) is 50.1 Å². The van der Waals surface area contributed by atoms with Gasteiger partial charge in [-0.25, -0.2) is 4.39 Å². The first-order valence-electron chi connectivity index (χ1n) is 7.64. The molecule has 7 heteroatoms. The van der Waals surface area contributed by atoms with Gasteiger partial charge in [0.05, 0.1) is 5.92 Å². The van der Waals surface area contributed by atoms with E-state index < -0.39 is 0 Å². The van der Waals surface area contributed by atoms with Gasteiger partial charge < -0.3 is 16.0 Å². The van der Waals surface area contributed by atoms with Gasteiger partial charge in [-0.1, -0.05) is 0 Å². The Labute approximate surface area is 141 Å². The maximum atomic E-state index is 12.9. The molecule has 0 bridgehead atoms. The Morgan fingerprint density at radius 3 is 2.65 bits per heavy atom. The van der Waals surface area contributed by atoms with Crippen LogP contribution in [0.5, 0.6) is 0 Å². The van der Waals surface area contributed by atoms with E-state index in [-0.39, 0.29) is 36.0 Å². The summed E-state index contributed by atoms with van der Waals surface area (Å²) in [6.45, 7) is 2.14. The zero-order valence-corrected chi connectivity index (χ0v) is 13.8. The first-order chi connectivity index (χ1) is 10.6. The Kier molecular flexibility index (Phi) is 7.98. The molecular formula is C16H23ClFN3O2. The van der Waals surface area contributed by atoms with Crippen molar-refractivity contribution in [3.8, 4) is 0 Å². The molecule has 23 heavy (non-hydrogen) atoms. The number of carbonyl (C=O) groups is 2. The van der Waals surface area contributed by atoms with E-state index >= 15 is 0 Å². The van der Waals surface area contributed by atoms with E-state index in [9.17, 15) is 14.0 Å². The summed E-state index contributed by atoms with van der Waals surface area (Å²) in [4.78, 5) is 26.1. The summed E-state index contributed by atoms with van der Waals surface area (Å²) in [5.41, 5.74) is 5.85. The number of rotatable bonds is 5. The highest BCUT2D eigenvalue weighted by atomic mass is 35.5. The minimum atomic E-state index is -0.368. The molecule has 2 rings (SSSR count). The topological polar surface area (TPSA) is 75.4 Å². The third-order valence-electron chi connectivity index (χ3n) is 3.85. The first kappa shape index (κ1) is 19.4. The van der Waals surface area contributed by atoms with Crippen molar-refractivity contribution in [2.45, 2.75) is 19.3 Å². The largest absolute Gasteiger partial charge is 0.356 e. The third-order valence-corrected chi connectivity index (χ3v) is 3.85. The summed E-state index contributed by atoms with van der Waals surface area (Å²) in [7, 11) is 0. The molecule has 1 aromatic carbocycles.